The molecule has 1 saturated heterocycles. The number of aliphatic hydroxyl groups is 1. The molecule has 0 bridgehead atoms. The van der Waals surface area contributed by atoms with Gasteiger partial charge in [0.25, 0.3) is 0 Å². The molecule has 16 heavy (non-hydrogen) atoms. The number of anilines is 1. The molecule has 2 heterocycles. The van der Waals surface area contributed by atoms with Crippen molar-refractivity contribution in [2.75, 3.05) is 18.1 Å². The van der Waals surface area contributed by atoms with Crippen LogP contribution in [0.2, 0.25) is 10.0 Å². The second-order valence-electron chi connectivity index (χ2n) is 3.35. The molecule has 1 aliphatic heterocycles. The van der Waals surface area contributed by atoms with Gasteiger partial charge in [0.05, 0.1) is 22.7 Å². The lowest BCUT2D eigenvalue weighted by molar-refractivity contribution is 0.247. The second-order valence-corrected chi connectivity index (χ2v) is 4.20. The summed E-state index contributed by atoms with van der Waals surface area (Å²) in [6.07, 6.45) is 1.41. The average molecular weight is 262 g/mol. The van der Waals surface area contributed by atoms with Gasteiger partial charge in [-0.15, -0.1) is 0 Å². The van der Waals surface area contributed by atoms with Crippen LogP contribution in [0.15, 0.2) is 12.3 Å². The zero-order valence-corrected chi connectivity index (χ0v) is 9.66. The van der Waals surface area contributed by atoms with Crippen LogP contribution in [0, 0.1) is 0 Å². The molecule has 86 valence electrons. The Hall–Kier alpha value is -1.04. The first-order valence-electron chi connectivity index (χ1n) is 4.62. The van der Waals surface area contributed by atoms with Crippen LogP contribution in [0.1, 0.15) is 0 Å². The molecule has 1 unspecified atom stereocenters. The lowest BCUT2D eigenvalue weighted by atomic mass is 10.3. The van der Waals surface area contributed by atoms with Crippen molar-refractivity contribution in [3.05, 3.63) is 22.3 Å². The molecule has 1 fully saturated rings. The molecular weight excluding hydrogens is 253 g/mol. The van der Waals surface area contributed by atoms with Crippen LogP contribution >= 0.6 is 23.2 Å². The molecule has 2 amide bonds. The summed E-state index contributed by atoms with van der Waals surface area (Å²) in [5.41, 5.74) is 0. The minimum absolute atomic E-state index is 0.153. The molecule has 2 rings (SSSR count). The first kappa shape index (κ1) is 11.4. The summed E-state index contributed by atoms with van der Waals surface area (Å²) >= 11 is 11.7. The highest BCUT2D eigenvalue weighted by Crippen LogP contribution is 2.28. The molecule has 0 aromatic carbocycles. The van der Waals surface area contributed by atoms with Crippen LogP contribution in [-0.4, -0.2) is 35.3 Å². The number of pyridine rings is 1. The summed E-state index contributed by atoms with van der Waals surface area (Å²) in [7, 11) is 0. The number of carbonyl (C=O) groups excluding carboxylic acids is 1. The monoisotopic (exact) mass is 261 g/mol. The largest absolute Gasteiger partial charge is 0.394 e. The molecule has 0 saturated carbocycles. The molecule has 0 spiro atoms. The van der Waals surface area contributed by atoms with Gasteiger partial charge >= 0.3 is 6.03 Å². The van der Waals surface area contributed by atoms with Crippen LogP contribution in [-0.2, 0) is 0 Å². The maximum atomic E-state index is 11.6. The quantitative estimate of drug-likeness (QED) is 0.843. The number of hydrogen-bond acceptors (Lipinski definition) is 3. The van der Waals surface area contributed by atoms with Crippen molar-refractivity contribution in [3.63, 3.8) is 0 Å². The van der Waals surface area contributed by atoms with E-state index in [1.165, 1.54) is 17.2 Å². The zero-order valence-electron chi connectivity index (χ0n) is 8.15. The predicted octanol–water partition coefficient (Wildman–Crippen LogP) is 1.28. The van der Waals surface area contributed by atoms with Crippen LogP contribution < -0.4 is 10.2 Å². The van der Waals surface area contributed by atoms with Crippen molar-refractivity contribution in [2.24, 2.45) is 0 Å². The van der Waals surface area contributed by atoms with Crippen molar-refractivity contribution >= 4 is 35.1 Å². The molecule has 1 aliphatic rings. The van der Waals surface area contributed by atoms with Gasteiger partial charge in [0.2, 0.25) is 0 Å². The predicted molar refractivity (Wildman–Crippen MR) is 61.0 cm³/mol. The molecular formula is C9H9Cl2N3O2. The summed E-state index contributed by atoms with van der Waals surface area (Å²) in [6.45, 7) is 0.218. The smallest absolute Gasteiger partial charge is 0.323 e. The average Bonchev–Trinajstić information content (AvgIpc) is 2.60. The van der Waals surface area contributed by atoms with Gasteiger partial charge < -0.3 is 10.4 Å². The summed E-state index contributed by atoms with van der Waals surface area (Å²) in [5.74, 6) is 0.306. The number of urea groups is 1. The van der Waals surface area contributed by atoms with Gasteiger partial charge in [0.15, 0.2) is 5.82 Å². The Labute approximate surface area is 102 Å². The van der Waals surface area contributed by atoms with E-state index in [9.17, 15) is 4.79 Å². The maximum absolute atomic E-state index is 11.6. The van der Waals surface area contributed by atoms with Gasteiger partial charge in [0.1, 0.15) is 0 Å². The van der Waals surface area contributed by atoms with Crippen molar-refractivity contribution in [2.45, 2.75) is 6.04 Å². The van der Waals surface area contributed by atoms with E-state index in [4.69, 9.17) is 28.3 Å². The van der Waals surface area contributed by atoms with Gasteiger partial charge in [-0.25, -0.2) is 9.78 Å². The van der Waals surface area contributed by atoms with E-state index in [0.29, 0.717) is 17.4 Å². The molecule has 2 N–H and O–H groups in total. The van der Waals surface area contributed by atoms with E-state index in [1.807, 2.05) is 0 Å². The number of hydrogen-bond donors (Lipinski definition) is 2. The topological polar surface area (TPSA) is 65.5 Å². The fourth-order valence-corrected chi connectivity index (χ4v) is 2.02. The molecule has 0 aliphatic carbocycles. The van der Waals surface area contributed by atoms with Crippen molar-refractivity contribution < 1.29 is 9.90 Å². The van der Waals surface area contributed by atoms with Crippen molar-refractivity contribution in [1.29, 1.82) is 0 Å². The third kappa shape index (κ3) is 1.93. The minimum Gasteiger partial charge on any atom is -0.394 e. The maximum Gasteiger partial charge on any atom is 0.323 e. The van der Waals surface area contributed by atoms with Gasteiger partial charge in [-0.2, -0.15) is 0 Å². The van der Waals surface area contributed by atoms with Crippen LogP contribution in [0.25, 0.3) is 0 Å². The molecule has 1 aromatic heterocycles. The number of aromatic nitrogens is 1. The van der Waals surface area contributed by atoms with Crippen LogP contribution in [0.3, 0.4) is 0 Å². The van der Waals surface area contributed by atoms with Gasteiger partial charge in [-0.05, 0) is 6.07 Å². The van der Waals surface area contributed by atoms with E-state index in [-0.39, 0.29) is 23.7 Å². The Morgan fingerprint density at radius 2 is 2.38 bits per heavy atom. The van der Waals surface area contributed by atoms with Crippen LogP contribution in [0.4, 0.5) is 10.6 Å². The fourth-order valence-electron chi connectivity index (χ4n) is 1.55. The van der Waals surface area contributed by atoms with E-state index >= 15 is 0 Å². The number of amides is 2. The SMILES string of the molecule is O=C1NCC(CO)N1c1ncc(Cl)cc1Cl. The van der Waals surface area contributed by atoms with Gasteiger partial charge in [-0.1, -0.05) is 23.2 Å². The van der Waals surface area contributed by atoms with Crippen LogP contribution in [0.5, 0.6) is 0 Å². The Balaban J connectivity index is 2.38. The number of halogens is 2. The molecule has 1 aromatic rings. The highest BCUT2D eigenvalue weighted by molar-refractivity contribution is 6.36. The zero-order chi connectivity index (χ0) is 11.7. The molecule has 5 nitrogen and oxygen atoms in total. The van der Waals surface area contributed by atoms with Crippen molar-refractivity contribution in [3.8, 4) is 0 Å². The Bertz CT molecular complexity index is 427. The first-order valence-corrected chi connectivity index (χ1v) is 5.38. The normalized spacial score (nSPS) is 20.1. The van der Waals surface area contributed by atoms with E-state index in [2.05, 4.69) is 10.3 Å². The van der Waals surface area contributed by atoms with Crippen molar-refractivity contribution in [1.82, 2.24) is 10.3 Å². The highest BCUT2D eigenvalue weighted by Gasteiger charge is 2.33. The highest BCUT2D eigenvalue weighted by atomic mass is 35.5. The minimum atomic E-state index is -0.348. The molecule has 7 heteroatoms. The summed E-state index contributed by atoms with van der Waals surface area (Å²) < 4.78 is 0. The lowest BCUT2D eigenvalue weighted by Gasteiger charge is -2.21. The lowest BCUT2D eigenvalue weighted by Crippen LogP contribution is -2.37. The summed E-state index contributed by atoms with van der Waals surface area (Å²) in [6, 6.07) is 0.834. The fraction of sp³-hybridized carbons (Fsp3) is 0.333. The number of nitrogens with zero attached hydrogens (tertiary/aromatic N) is 2. The standard InChI is InChI=1S/C9H9Cl2N3O2/c10-5-1-7(11)8(12-2-5)14-6(4-15)3-13-9(14)16/h1-2,6,15H,3-4H2,(H,13,16). The van der Waals surface area contributed by atoms with Gasteiger partial charge in [0, 0.05) is 12.7 Å². The number of carbonyl (C=O) groups is 1. The summed E-state index contributed by atoms with van der Waals surface area (Å²) in [4.78, 5) is 16.9. The number of nitrogens with one attached hydrogen (secondary N) is 1. The first-order chi connectivity index (χ1) is 7.63. The van der Waals surface area contributed by atoms with Gasteiger partial charge in [-0.3, -0.25) is 4.90 Å². The number of aliphatic hydroxyl groups excluding tert-OH is 1. The third-order valence-electron chi connectivity index (χ3n) is 2.30. The second kappa shape index (κ2) is 4.45. The molecule has 1 atom stereocenters. The third-order valence-corrected chi connectivity index (χ3v) is 2.79. The Kier molecular flexibility index (Phi) is 3.18. The van der Waals surface area contributed by atoms with E-state index < -0.39 is 0 Å². The van der Waals surface area contributed by atoms with E-state index in [0.717, 1.165) is 0 Å². The Morgan fingerprint density at radius 1 is 1.62 bits per heavy atom. The van der Waals surface area contributed by atoms with E-state index in [1.54, 1.807) is 0 Å². The molecule has 0 radical (unpaired) electrons. The number of rotatable bonds is 2. The summed E-state index contributed by atoms with van der Waals surface area (Å²) in [5, 5.41) is 12.4. The Morgan fingerprint density at radius 3 is 3.00 bits per heavy atom.